The van der Waals surface area contributed by atoms with Crippen LogP contribution in [0.1, 0.15) is 17.9 Å². The summed E-state index contributed by atoms with van der Waals surface area (Å²) in [4.78, 5) is 6.77. The number of hydrogen-bond donors (Lipinski definition) is 2. The second kappa shape index (κ2) is 4.86. The van der Waals surface area contributed by atoms with Gasteiger partial charge in [-0.1, -0.05) is 0 Å². The maximum atomic E-state index is 4.41. The van der Waals surface area contributed by atoms with E-state index in [1.807, 2.05) is 13.1 Å². The van der Waals surface area contributed by atoms with Gasteiger partial charge in [0.1, 0.15) is 0 Å². The highest BCUT2D eigenvalue weighted by molar-refractivity contribution is 7.80. The topological polar surface area (TPSA) is 28.2 Å². The minimum absolute atomic E-state index is 0.210. The van der Waals surface area contributed by atoms with Crippen molar-refractivity contribution in [3.63, 3.8) is 0 Å². The van der Waals surface area contributed by atoms with Crippen LogP contribution in [0.15, 0.2) is 18.3 Å². The van der Waals surface area contributed by atoms with E-state index in [4.69, 9.17) is 0 Å². The molecule has 15 heavy (non-hydrogen) atoms. The second-order valence-corrected chi connectivity index (χ2v) is 4.63. The number of hydrogen-bond acceptors (Lipinski definition) is 4. The third kappa shape index (κ3) is 2.63. The SMILES string of the molecule is CC(S)c1ccc(N2CCNCC2)cn1. The zero-order valence-corrected chi connectivity index (χ0v) is 9.87. The molecule has 1 N–H and O–H groups in total. The molecular formula is C11H17N3S. The van der Waals surface area contributed by atoms with Crippen molar-refractivity contribution >= 4 is 18.3 Å². The van der Waals surface area contributed by atoms with Crippen molar-refractivity contribution in [3.05, 3.63) is 24.0 Å². The number of nitrogens with one attached hydrogen (secondary N) is 1. The Balaban J connectivity index is 2.08. The maximum absolute atomic E-state index is 4.41. The predicted molar refractivity (Wildman–Crippen MR) is 66.7 cm³/mol. The van der Waals surface area contributed by atoms with Crippen molar-refractivity contribution < 1.29 is 0 Å². The molecule has 0 bridgehead atoms. The van der Waals surface area contributed by atoms with Gasteiger partial charge in [-0.15, -0.1) is 0 Å². The molecule has 0 saturated carbocycles. The Morgan fingerprint density at radius 3 is 2.67 bits per heavy atom. The average Bonchev–Trinajstić information content (AvgIpc) is 2.30. The second-order valence-electron chi connectivity index (χ2n) is 3.85. The Morgan fingerprint density at radius 2 is 2.13 bits per heavy atom. The Hall–Kier alpha value is -0.740. The fourth-order valence-corrected chi connectivity index (χ4v) is 1.91. The lowest BCUT2D eigenvalue weighted by Gasteiger charge is -2.29. The molecule has 0 radical (unpaired) electrons. The zero-order valence-electron chi connectivity index (χ0n) is 8.98. The summed E-state index contributed by atoms with van der Waals surface area (Å²) in [5.74, 6) is 0. The number of nitrogens with zero attached hydrogens (tertiary/aromatic N) is 2. The number of rotatable bonds is 2. The average molecular weight is 223 g/mol. The van der Waals surface area contributed by atoms with Gasteiger partial charge < -0.3 is 10.2 Å². The molecule has 1 aliphatic heterocycles. The predicted octanol–water partition coefficient (Wildman–Crippen LogP) is 1.48. The molecule has 0 spiro atoms. The van der Waals surface area contributed by atoms with E-state index in [0.717, 1.165) is 31.9 Å². The number of anilines is 1. The lowest BCUT2D eigenvalue weighted by atomic mass is 10.2. The Labute approximate surface area is 96.3 Å². The molecule has 1 atom stereocenters. The van der Waals surface area contributed by atoms with Gasteiger partial charge in [-0.3, -0.25) is 4.98 Å². The largest absolute Gasteiger partial charge is 0.368 e. The van der Waals surface area contributed by atoms with Crippen LogP contribution in [0.4, 0.5) is 5.69 Å². The highest BCUT2D eigenvalue weighted by atomic mass is 32.1. The van der Waals surface area contributed by atoms with Crippen molar-refractivity contribution in [3.8, 4) is 0 Å². The first-order chi connectivity index (χ1) is 7.27. The molecule has 2 heterocycles. The molecule has 0 amide bonds. The molecule has 4 heteroatoms. The van der Waals surface area contributed by atoms with Gasteiger partial charge in [0.15, 0.2) is 0 Å². The molecule has 3 nitrogen and oxygen atoms in total. The molecular weight excluding hydrogens is 206 g/mol. The van der Waals surface area contributed by atoms with Crippen molar-refractivity contribution in [2.24, 2.45) is 0 Å². The minimum atomic E-state index is 0.210. The van der Waals surface area contributed by atoms with Crippen LogP contribution in [0, 0.1) is 0 Å². The van der Waals surface area contributed by atoms with E-state index in [9.17, 15) is 0 Å². The normalized spacial score (nSPS) is 18.9. The van der Waals surface area contributed by atoms with Crippen LogP contribution in [0.2, 0.25) is 0 Å². The maximum Gasteiger partial charge on any atom is 0.0553 e. The molecule has 0 aliphatic carbocycles. The van der Waals surface area contributed by atoms with E-state index >= 15 is 0 Å². The van der Waals surface area contributed by atoms with E-state index in [1.54, 1.807) is 0 Å². The van der Waals surface area contributed by atoms with E-state index in [2.05, 4.69) is 40.0 Å². The van der Waals surface area contributed by atoms with E-state index in [1.165, 1.54) is 5.69 Å². The molecule has 2 rings (SSSR count). The van der Waals surface area contributed by atoms with Gasteiger partial charge in [-0.05, 0) is 19.1 Å². The van der Waals surface area contributed by atoms with Gasteiger partial charge in [0, 0.05) is 31.4 Å². The fourth-order valence-electron chi connectivity index (χ4n) is 1.75. The molecule has 1 aromatic rings. The van der Waals surface area contributed by atoms with Crippen LogP contribution >= 0.6 is 12.6 Å². The molecule has 0 aromatic carbocycles. The number of aromatic nitrogens is 1. The summed E-state index contributed by atoms with van der Waals surface area (Å²) >= 11 is 4.36. The van der Waals surface area contributed by atoms with Gasteiger partial charge in [0.2, 0.25) is 0 Å². The lowest BCUT2D eigenvalue weighted by Crippen LogP contribution is -2.43. The standard InChI is InChI=1S/C11H17N3S/c1-9(15)11-3-2-10(8-13-11)14-6-4-12-5-7-14/h2-3,8-9,12,15H,4-7H2,1H3. The fraction of sp³-hybridized carbons (Fsp3) is 0.545. The molecule has 1 fully saturated rings. The Kier molecular flexibility index (Phi) is 3.49. The number of piperazine rings is 1. The van der Waals surface area contributed by atoms with Gasteiger partial charge in [-0.2, -0.15) is 12.6 Å². The monoisotopic (exact) mass is 223 g/mol. The summed E-state index contributed by atoms with van der Waals surface area (Å²) in [6.07, 6.45) is 1.95. The lowest BCUT2D eigenvalue weighted by molar-refractivity contribution is 0.588. The van der Waals surface area contributed by atoms with Crippen molar-refractivity contribution in [1.82, 2.24) is 10.3 Å². The number of thiol groups is 1. The van der Waals surface area contributed by atoms with Crippen molar-refractivity contribution in [1.29, 1.82) is 0 Å². The summed E-state index contributed by atoms with van der Waals surface area (Å²) in [5.41, 5.74) is 2.26. The molecule has 1 aliphatic rings. The third-order valence-electron chi connectivity index (χ3n) is 2.68. The summed E-state index contributed by atoms with van der Waals surface area (Å²) < 4.78 is 0. The van der Waals surface area contributed by atoms with E-state index in [-0.39, 0.29) is 5.25 Å². The highest BCUT2D eigenvalue weighted by Crippen LogP contribution is 2.19. The highest BCUT2D eigenvalue weighted by Gasteiger charge is 2.10. The summed E-state index contributed by atoms with van der Waals surface area (Å²) in [5, 5.41) is 3.55. The van der Waals surface area contributed by atoms with Gasteiger partial charge in [-0.25, -0.2) is 0 Å². The smallest absolute Gasteiger partial charge is 0.0553 e. The summed E-state index contributed by atoms with van der Waals surface area (Å²) in [7, 11) is 0. The van der Waals surface area contributed by atoms with E-state index < -0.39 is 0 Å². The first kappa shape index (κ1) is 10.8. The van der Waals surface area contributed by atoms with E-state index in [0.29, 0.717) is 0 Å². The minimum Gasteiger partial charge on any atom is -0.368 e. The molecule has 1 saturated heterocycles. The van der Waals surface area contributed by atoms with Crippen LogP contribution < -0.4 is 10.2 Å². The van der Waals surface area contributed by atoms with Crippen LogP contribution in [-0.4, -0.2) is 31.2 Å². The summed E-state index contributed by atoms with van der Waals surface area (Å²) in [6.45, 7) is 6.29. The molecule has 1 aromatic heterocycles. The third-order valence-corrected chi connectivity index (χ3v) is 2.95. The number of pyridine rings is 1. The van der Waals surface area contributed by atoms with Crippen molar-refractivity contribution in [2.45, 2.75) is 12.2 Å². The summed E-state index contributed by atoms with van der Waals surface area (Å²) in [6, 6.07) is 4.20. The van der Waals surface area contributed by atoms with Crippen LogP contribution in [-0.2, 0) is 0 Å². The quantitative estimate of drug-likeness (QED) is 0.744. The first-order valence-electron chi connectivity index (χ1n) is 5.37. The Morgan fingerprint density at radius 1 is 1.40 bits per heavy atom. The van der Waals surface area contributed by atoms with Crippen LogP contribution in [0.3, 0.4) is 0 Å². The Bertz CT molecular complexity index is 304. The molecule has 82 valence electrons. The zero-order chi connectivity index (χ0) is 10.7. The van der Waals surface area contributed by atoms with Crippen molar-refractivity contribution in [2.75, 3.05) is 31.1 Å². The van der Waals surface area contributed by atoms with Crippen LogP contribution in [0.5, 0.6) is 0 Å². The van der Waals surface area contributed by atoms with Gasteiger partial charge in [0.05, 0.1) is 17.6 Å². The van der Waals surface area contributed by atoms with Gasteiger partial charge in [0.25, 0.3) is 0 Å². The molecule has 1 unspecified atom stereocenters. The van der Waals surface area contributed by atoms with Gasteiger partial charge >= 0.3 is 0 Å². The van der Waals surface area contributed by atoms with Crippen LogP contribution in [0.25, 0.3) is 0 Å². The first-order valence-corrected chi connectivity index (χ1v) is 5.88.